The largest absolute Gasteiger partial charge is 0.367 e. The first kappa shape index (κ1) is 15.3. The topological polar surface area (TPSA) is 83.8 Å². The number of anilines is 1. The predicted molar refractivity (Wildman–Crippen MR) is 97.6 cm³/mol. The summed E-state index contributed by atoms with van der Waals surface area (Å²) in [6, 6.07) is 6.07. The summed E-state index contributed by atoms with van der Waals surface area (Å²) in [7, 11) is 0. The van der Waals surface area contributed by atoms with Crippen molar-refractivity contribution >= 4 is 45.1 Å². The van der Waals surface area contributed by atoms with E-state index >= 15 is 0 Å². The second kappa shape index (κ2) is 5.98. The summed E-state index contributed by atoms with van der Waals surface area (Å²) in [5.41, 5.74) is 7.47. The van der Waals surface area contributed by atoms with Gasteiger partial charge in [-0.3, -0.25) is 4.79 Å². The van der Waals surface area contributed by atoms with Crippen LogP contribution in [0.15, 0.2) is 24.4 Å². The van der Waals surface area contributed by atoms with E-state index < -0.39 is 5.91 Å². The lowest BCUT2D eigenvalue weighted by Gasteiger charge is -2.23. The Bertz CT molecular complexity index is 928. The van der Waals surface area contributed by atoms with Gasteiger partial charge in [0.25, 0.3) is 5.91 Å². The van der Waals surface area contributed by atoms with E-state index in [9.17, 15) is 4.79 Å². The molecule has 124 valence electrons. The second-order valence-corrected chi connectivity index (χ2v) is 6.81. The predicted octanol–water partition coefficient (Wildman–Crippen LogP) is 4.21. The number of amides is 1. The Morgan fingerprint density at radius 1 is 1.25 bits per heavy atom. The molecule has 4 N–H and O–H groups in total. The number of aromatic amines is 1. The zero-order valence-corrected chi connectivity index (χ0v) is 14.0. The Hall–Kier alpha value is -2.27. The highest BCUT2D eigenvalue weighted by molar-refractivity contribution is 6.39. The molecule has 1 aliphatic rings. The number of aromatic nitrogens is 2. The summed E-state index contributed by atoms with van der Waals surface area (Å²) < 4.78 is 0. The lowest BCUT2D eigenvalue weighted by molar-refractivity contribution is 0.100. The second-order valence-electron chi connectivity index (χ2n) is 6.40. The van der Waals surface area contributed by atoms with Crippen LogP contribution in [-0.4, -0.2) is 21.9 Å². The maximum Gasteiger partial charge on any atom is 0.252 e. The van der Waals surface area contributed by atoms with Gasteiger partial charge < -0.3 is 16.0 Å². The standard InChI is InChI=1S/C18H19ClN4O/c19-12-7-4-8-13-14(12)15-16(23-13)11(17(20)24)9-21-18(15)22-10-5-2-1-3-6-10/h4,7-10,23H,1-3,5-6H2,(H2,20,24)(H,21,22). The number of primary amides is 1. The van der Waals surface area contributed by atoms with Gasteiger partial charge in [-0.1, -0.05) is 36.9 Å². The Morgan fingerprint density at radius 3 is 2.79 bits per heavy atom. The molecule has 0 bridgehead atoms. The number of nitrogens with two attached hydrogens (primary N) is 1. The minimum atomic E-state index is -0.501. The van der Waals surface area contributed by atoms with Crippen LogP contribution in [0.5, 0.6) is 0 Å². The Labute approximate surface area is 144 Å². The summed E-state index contributed by atoms with van der Waals surface area (Å²) in [6.45, 7) is 0. The lowest BCUT2D eigenvalue weighted by Crippen LogP contribution is -2.23. The van der Waals surface area contributed by atoms with Gasteiger partial charge in [-0.2, -0.15) is 0 Å². The van der Waals surface area contributed by atoms with E-state index in [-0.39, 0.29) is 0 Å². The van der Waals surface area contributed by atoms with Gasteiger partial charge in [-0.05, 0) is 25.0 Å². The fraction of sp³-hybridized carbons (Fsp3) is 0.333. The highest BCUT2D eigenvalue weighted by Gasteiger charge is 2.21. The van der Waals surface area contributed by atoms with Crippen LogP contribution in [0.1, 0.15) is 42.5 Å². The van der Waals surface area contributed by atoms with E-state index in [4.69, 9.17) is 17.3 Å². The van der Waals surface area contributed by atoms with Gasteiger partial charge in [0.2, 0.25) is 0 Å². The van der Waals surface area contributed by atoms with E-state index in [0.29, 0.717) is 22.1 Å². The summed E-state index contributed by atoms with van der Waals surface area (Å²) >= 11 is 6.43. The summed E-state index contributed by atoms with van der Waals surface area (Å²) in [6.07, 6.45) is 7.57. The molecule has 6 heteroatoms. The molecule has 0 spiro atoms. The molecule has 1 fully saturated rings. The fourth-order valence-corrected chi connectivity index (χ4v) is 3.91. The Balaban J connectivity index is 1.94. The van der Waals surface area contributed by atoms with Crippen molar-refractivity contribution in [3.8, 4) is 0 Å². The van der Waals surface area contributed by atoms with Crippen LogP contribution < -0.4 is 11.1 Å². The summed E-state index contributed by atoms with van der Waals surface area (Å²) in [5, 5.41) is 5.91. The van der Waals surface area contributed by atoms with Crippen molar-refractivity contribution in [1.29, 1.82) is 0 Å². The number of carbonyl (C=O) groups is 1. The first-order valence-corrected chi connectivity index (χ1v) is 8.68. The number of nitrogens with zero attached hydrogens (tertiary/aromatic N) is 1. The van der Waals surface area contributed by atoms with E-state index in [1.54, 1.807) is 6.20 Å². The molecule has 0 radical (unpaired) electrons. The van der Waals surface area contributed by atoms with Crippen molar-refractivity contribution in [2.45, 2.75) is 38.1 Å². The number of carbonyl (C=O) groups excluding carboxylic acids is 1. The van der Waals surface area contributed by atoms with Gasteiger partial charge in [0.1, 0.15) is 5.82 Å². The highest BCUT2D eigenvalue weighted by atomic mass is 35.5. The molecule has 1 aliphatic carbocycles. The minimum absolute atomic E-state index is 0.381. The molecule has 2 aromatic heterocycles. The summed E-state index contributed by atoms with van der Waals surface area (Å²) in [4.78, 5) is 19.6. The molecule has 0 atom stereocenters. The fourth-order valence-electron chi connectivity index (χ4n) is 3.64. The van der Waals surface area contributed by atoms with Crippen LogP contribution in [-0.2, 0) is 0 Å². The molecular formula is C18H19ClN4O. The molecule has 2 heterocycles. The van der Waals surface area contributed by atoms with Gasteiger partial charge in [0.05, 0.1) is 21.5 Å². The van der Waals surface area contributed by atoms with Crippen LogP contribution in [0.2, 0.25) is 5.02 Å². The highest BCUT2D eigenvalue weighted by Crippen LogP contribution is 2.37. The summed E-state index contributed by atoms with van der Waals surface area (Å²) in [5.74, 6) is 0.264. The van der Waals surface area contributed by atoms with Crippen LogP contribution in [0.3, 0.4) is 0 Å². The molecule has 1 amide bonds. The van der Waals surface area contributed by atoms with Crippen LogP contribution in [0, 0.1) is 0 Å². The molecule has 0 aliphatic heterocycles. The number of rotatable bonds is 3. The van der Waals surface area contributed by atoms with Crippen molar-refractivity contribution < 1.29 is 4.79 Å². The number of pyridine rings is 1. The van der Waals surface area contributed by atoms with E-state index in [1.807, 2.05) is 18.2 Å². The molecule has 1 saturated carbocycles. The van der Waals surface area contributed by atoms with Gasteiger partial charge in [0, 0.05) is 23.1 Å². The van der Waals surface area contributed by atoms with Crippen molar-refractivity contribution in [3.63, 3.8) is 0 Å². The monoisotopic (exact) mass is 342 g/mol. The van der Waals surface area contributed by atoms with E-state index in [1.165, 1.54) is 19.3 Å². The van der Waals surface area contributed by atoms with Gasteiger partial charge >= 0.3 is 0 Å². The van der Waals surface area contributed by atoms with Crippen LogP contribution >= 0.6 is 11.6 Å². The third kappa shape index (κ3) is 2.49. The Morgan fingerprint density at radius 2 is 2.04 bits per heavy atom. The number of benzene rings is 1. The molecule has 0 unspecified atom stereocenters. The molecule has 24 heavy (non-hydrogen) atoms. The van der Waals surface area contributed by atoms with Crippen LogP contribution in [0.25, 0.3) is 21.8 Å². The number of hydrogen-bond donors (Lipinski definition) is 3. The quantitative estimate of drug-likeness (QED) is 0.666. The normalized spacial score (nSPS) is 15.9. The number of fused-ring (bicyclic) bond motifs is 3. The molecule has 5 nitrogen and oxygen atoms in total. The average molecular weight is 343 g/mol. The van der Waals surface area contributed by atoms with Gasteiger partial charge in [-0.25, -0.2) is 4.98 Å². The van der Waals surface area contributed by atoms with Crippen molar-refractivity contribution in [2.24, 2.45) is 5.73 Å². The molecule has 3 aromatic rings. The molecule has 1 aromatic carbocycles. The van der Waals surface area contributed by atoms with Gasteiger partial charge in [-0.15, -0.1) is 0 Å². The zero-order chi connectivity index (χ0) is 16.7. The number of halogens is 1. The van der Waals surface area contributed by atoms with Crippen LogP contribution in [0.4, 0.5) is 5.82 Å². The van der Waals surface area contributed by atoms with Crippen molar-refractivity contribution in [3.05, 3.63) is 35.0 Å². The van der Waals surface area contributed by atoms with Crippen molar-refractivity contribution in [2.75, 3.05) is 5.32 Å². The average Bonchev–Trinajstić information content (AvgIpc) is 2.97. The minimum Gasteiger partial charge on any atom is -0.367 e. The van der Waals surface area contributed by atoms with Gasteiger partial charge in [0.15, 0.2) is 0 Å². The van der Waals surface area contributed by atoms with Crippen molar-refractivity contribution in [1.82, 2.24) is 9.97 Å². The third-order valence-electron chi connectivity index (χ3n) is 4.81. The first-order chi connectivity index (χ1) is 11.6. The zero-order valence-electron chi connectivity index (χ0n) is 13.2. The first-order valence-electron chi connectivity index (χ1n) is 8.30. The molecule has 0 saturated heterocycles. The third-order valence-corrected chi connectivity index (χ3v) is 5.13. The van der Waals surface area contributed by atoms with E-state index in [2.05, 4.69) is 15.3 Å². The molecule has 4 rings (SSSR count). The smallest absolute Gasteiger partial charge is 0.252 e. The molecular weight excluding hydrogens is 324 g/mol. The number of nitrogens with one attached hydrogen (secondary N) is 2. The lowest BCUT2D eigenvalue weighted by atomic mass is 9.95. The van der Waals surface area contributed by atoms with E-state index in [0.717, 1.165) is 34.9 Å². The Kier molecular flexibility index (Phi) is 3.81. The maximum atomic E-state index is 11.8. The number of hydrogen-bond acceptors (Lipinski definition) is 3. The maximum absolute atomic E-state index is 11.8. The number of H-pyrrole nitrogens is 1. The SMILES string of the molecule is NC(=O)c1cnc(NC2CCCCC2)c2c1[nH]c1cccc(Cl)c12.